The summed E-state index contributed by atoms with van der Waals surface area (Å²) in [6, 6.07) is 5.88. The fourth-order valence-corrected chi connectivity index (χ4v) is 1.61. The van der Waals surface area contributed by atoms with Crippen molar-refractivity contribution in [2.45, 2.75) is 0 Å². The van der Waals surface area contributed by atoms with Gasteiger partial charge < -0.3 is 4.74 Å². The standard InChI is InChI=1S/C11H6BrClFNO/c12-8-6-15-4-3-11(8)16-7-1-2-10(14)9(13)5-7/h1-6H. The first-order valence-electron chi connectivity index (χ1n) is 4.39. The molecular weight excluding hydrogens is 296 g/mol. The van der Waals surface area contributed by atoms with E-state index >= 15 is 0 Å². The van der Waals surface area contributed by atoms with Gasteiger partial charge in [0.05, 0.1) is 9.50 Å². The highest BCUT2D eigenvalue weighted by Gasteiger charge is 2.05. The van der Waals surface area contributed by atoms with Gasteiger partial charge in [0.15, 0.2) is 0 Å². The zero-order valence-electron chi connectivity index (χ0n) is 7.95. The van der Waals surface area contributed by atoms with E-state index in [-0.39, 0.29) is 5.02 Å². The third-order valence-electron chi connectivity index (χ3n) is 1.85. The molecule has 0 aliphatic heterocycles. The van der Waals surface area contributed by atoms with Crippen LogP contribution in [0.5, 0.6) is 11.5 Å². The number of rotatable bonds is 2. The molecule has 82 valence electrons. The van der Waals surface area contributed by atoms with Gasteiger partial charge in [-0.1, -0.05) is 11.6 Å². The Hall–Kier alpha value is -1.13. The van der Waals surface area contributed by atoms with Crippen LogP contribution in [-0.2, 0) is 0 Å². The van der Waals surface area contributed by atoms with E-state index in [2.05, 4.69) is 20.9 Å². The fourth-order valence-electron chi connectivity index (χ4n) is 1.11. The highest BCUT2D eigenvalue weighted by molar-refractivity contribution is 9.10. The van der Waals surface area contributed by atoms with Crippen molar-refractivity contribution in [1.82, 2.24) is 4.98 Å². The zero-order chi connectivity index (χ0) is 11.5. The summed E-state index contributed by atoms with van der Waals surface area (Å²) in [5, 5.41) is 0.0303. The molecule has 0 saturated heterocycles. The number of hydrogen-bond acceptors (Lipinski definition) is 2. The van der Waals surface area contributed by atoms with E-state index in [0.29, 0.717) is 11.5 Å². The molecule has 16 heavy (non-hydrogen) atoms. The van der Waals surface area contributed by atoms with Gasteiger partial charge in [-0.25, -0.2) is 4.39 Å². The molecule has 2 rings (SSSR count). The number of pyridine rings is 1. The first kappa shape index (κ1) is 11.4. The fraction of sp³-hybridized carbons (Fsp3) is 0. The van der Waals surface area contributed by atoms with E-state index in [1.54, 1.807) is 18.5 Å². The van der Waals surface area contributed by atoms with Crippen LogP contribution in [0.15, 0.2) is 41.1 Å². The van der Waals surface area contributed by atoms with E-state index in [1.165, 1.54) is 18.2 Å². The normalized spacial score (nSPS) is 10.2. The molecule has 0 aliphatic rings. The highest BCUT2D eigenvalue weighted by Crippen LogP contribution is 2.30. The summed E-state index contributed by atoms with van der Waals surface area (Å²) in [4.78, 5) is 3.91. The molecule has 2 aromatic rings. The molecule has 0 spiro atoms. The summed E-state index contributed by atoms with van der Waals surface area (Å²) in [7, 11) is 0. The Bertz CT molecular complexity index is 521. The number of ether oxygens (including phenoxy) is 1. The smallest absolute Gasteiger partial charge is 0.144 e. The average molecular weight is 303 g/mol. The SMILES string of the molecule is Fc1ccc(Oc2ccncc2Br)cc1Cl. The third kappa shape index (κ3) is 2.51. The Kier molecular flexibility index (Phi) is 3.41. The molecule has 0 atom stereocenters. The van der Waals surface area contributed by atoms with Crippen molar-refractivity contribution in [3.8, 4) is 11.5 Å². The van der Waals surface area contributed by atoms with Gasteiger partial charge in [0.1, 0.15) is 17.3 Å². The van der Waals surface area contributed by atoms with Gasteiger partial charge in [0.25, 0.3) is 0 Å². The minimum atomic E-state index is -0.470. The Morgan fingerprint density at radius 1 is 1.31 bits per heavy atom. The number of hydrogen-bond donors (Lipinski definition) is 0. The van der Waals surface area contributed by atoms with Crippen molar-refractivity contribution in [3.05, 3.63) is 52.0 Å². The first-order chi connectivity index (χ1) is 7.66. The topological polar surface area (TPSA) is 22.1 Å². The molecule has 0 amide bonds. The number of aromatic nitrogens is 1. The van der Waals surface area contributed by atoms with Crippen molar-refractivity contribution >= 4 is 27.5 Å². The molecule has 2 nitrogen and oxygen atoms in total. The van der Waals surface area contributed by atoms with Gasteiger partial charge in [0.2, 0.25) is 0 Å². The molecule has 0 fully saturated rings. The van der Waals surface area contributed by atoms with Crippen molar-refractivity contribution in [2.24, 2.45) is 0 Å². The Balaban J connectivity index is 2.28. The van der Waals surface area contributed by atoms with Gasteiger partial charge in [-0.15, -0.1) is 0 Å². The van der Waals surface area contributed by atoms with Gasteiger partial charge in [-0.3, -0.25) is 4.98 Å². The van der Waals surface area contributed by atoms with E-state index in [1.807, 2.05) is 0 Å². The van der Waals surface area contributed by atoms with Gasteiger partial charge >= 0.3 is 0 Å². The van der Waals surface area contributed by atoms with Crippen molar-refractivity contribution < 1.29 is 9.13 Å². The lowest BCUT2D eigenvalue weighted by atomic mass is 10.3. The maximum atomic E-state index is 12.9. The minimum absolute atomic E-state index is 0.0303. The predicted molar refractivity (Wildman–Crippen MR) is 63.4 cm³/mol. The van der Waals surface area contributed by atoms with Crippen LogP contribution in [0.1, 0.15) is 0 Å². The van der Waals surface area contributed by atoms with Gasteiger partial charge in [-0.2, -0.15) is 0 Å². The van der Waals surface area contributed by atoms with E-state index in [9.17, 15) is 4.39 Å². The molecule has 0 saturated carbocycles. The molecule has 0 aliphatic carbocycles. The molecule has 1 heterocycles. The number of nitrogens with zero attached hydrogens (tertiary/aromatic N) is 1. The second-order valence-corrected chi connectivity index (χ2v) is 4.25. The van der Waals surface area contributed by atoms with Crippen LogP contribution >= 0.6 is 27.5 Å². The van der Waals surface area contributed by atoms with Gasteiger partial charge in [-0.05, 0) is 28.1 Å². The summed E-state index contributed by atoms with van der Waals surface area (Å²) < 4.78 is 19.1. The lowest BCUT2D eigenvalue weighted by Crippen LogP contribution is -1.87. The van der Waals surface area contributed by atoms with Crippen LogP contribution in [0.4, 0.5) is 4.39 Å². The van der Waals surface area contributed by atoms with Crippen LogP contribution in [0, 0.1) is 5.82 Å². The Morgan fingerprint density at radius 3 is 2.81 bits per heavy atom. The maximum Gasteiger partial charge on any atom is 0.144 e. The monoisotopic (exact) mass is 301 g/mol. The lowest BCUT2D eigenvalue weighted by Gasteiger charge is -2.07. The molecule has 1 aromatic carbocycles. The molecule has 0 bridgehead atoms. The predicted octanol–water partition coefficient (Wildman–Crippen LogP) is 4.43. The minimum Gasteiger partial charge on any atom is -0.456 e. The zero-order valence-corrected chi connectivity index (χ0v) is 10.3. The number of halogens is 3. The second kappa shape index (κ2) is 4.80. The van der Waals surface area contributed by atoms with E-state index < -0.39 is 5.82 Å². The van der Waals surface area contributed by atoms with E-state index in [0.717, 1.165) is 4.47 Å². The molecule has 5 heteroatoms. The largest absolute Gasteiger partial charge is 0.456 e. The first-order valence-corrected chi connectivity index (χ1v) is 5.56. The third-order valence-corrected chi connectivity index (χ3v) is 2.74. The van der Waals surface area contributed by atoms with Crippen LogP contribution in [0.2, 0.25) is 5.02 Å². The Labute approximate surface area is 105 Å². The summed E-state index contributed by atoms with van der Waals surface area (Å²) >= 11 is 8.93. The van der Waals surface area contributed by atoms with Crippen molar-refractivity contribution in [1.29, 1.82) is 0 Å². The molecular formula is C11H6BrClFNO. The van der Waals surface area contributed by atoms with Crippen molar-refractivity contribution in [2.75, 3.05) is 0 Å². The van der Waals surface area contributed by atoms with Crippen molar-refractivity contribution in [3.63, 3.8) is 0 Å². The van der Waals surface area contributed by atoms with Crippen LogP contribution in [0.3, 0.4) is 0 Å². The lowest BCUT2D eigenvalue weighted by molar-refractivity contribution is 0.477. The van der Waals surface area contributed by atoms with Crippen LogP contribution < -0.4 is 4.74 Å². The summed E-state index contributed by atoms with van der Waals surface area (Å²) in [6.07, 6.45) is 3.21. The van der Waals surface area contributed by atoms with Crippen LogP contribution in [-0.4, -0.2) is 4.98 Å². The Morgan fingerprint density at radius 2 is 2.12 bits per heavy atom. The second-order valence-electron chi connectivity index (χ2n) is 2.98. The van der Waals surface area contributed by atoms with E-state index in [4.69, 9.17) is 16.3 Å². The molecule has 0 radical (unpaired) electrons. The summed E-state index contributed by atoms with van der Waals surface area (Å²) in [6.45, 7) is 0. The van der Waals surface area contributed by atoms with Gasteiger partial charge in [0, 0.05) is 24.5 Å². The molecule has 0 N–H and O–H groups in total. The number of benzene rings is 1. The summed E-state index contributed by atoms with van der Waals surface area (Å²) in [5.41, 5.74) is 0. The maximum absolute atomic E-state index is 12.9. The highest BCUT2D eigenvalue weighted by atomic mass is 79.9. The quantitative estimate of drug-likeness (QED) is 0.819. The molecule has 0 unspecified atom stereocenters. The molecule has 1 aromatic heterocycles. The van der Waals surface area contributed by atoms with Crippen LogP contribution in [0.25, 0.3) is 0 Å². The summed E-state index contributed by atoms with van der Waals surface area (Å²) in [5.74, 6) is 0.596. The average Bonchev–Trinajstić information content (AvgIpc) is 2.27.